The highest BCUT2D eigenvalue weighted by molar-refractivity contribution is 9.10. The molecule has 0 bridgehead atoms. The Morgan fingerprint density at radius 3 is 2.78 bits per heavy atom. The molecule has 1 fully saturated rings. The number of amides is 2. The largest absolute Gasteiger partial charge is 0.452 e. The molecule has 1 aliphatic rings. The van der Waals surface area contributed by atoms with Crippen LogP contribution < -0.4 is 5.73 Å². The summed E-state index contributed by atoms with van der Waals surface area (Å²) in [7, 11) is 0. The van der Waals surface area contributed by atoms with Crippen LogP contribution in [0, 0.1) is 11.7 Å². The van der Waals surface area contributed by atoms with E-state index in [1.54, 1.807) is 0 Å². The summed E-state index contributed by atoms with van der Waals surface area (Å²) in [5.74, 6) is -2.90. The van der Waals surface area contributed by atoms with Gasteiger partial charge in [0.25, 0.3) is 5.91 Å². The third kappa shape index (κ3) is 4.51. The molecule has 2 rings (SSSR count). The summed E-state index contributed by atoms with van der Waals surface area (Å²) >= 11 is 3.09. The second kappa shape index (κ2) is 7.54. The van der Waals surface area contributed by atoms with Gasteiger partial charge in [-0.05, 0) is 31.0 Å². The fraction of sp³-hybridized carbons (Fsp3) is 0.400. The molecule has 8 heteroatoms. The Kier molecular flexibility index (Phi) is 5.70. The van der Waals surface area contributed by atoms with Gasteiger partial charge in [-0.1, -0.05) is 15.9 Å². The number of nitrogens with zero attached hydrogens (tertiary/aromatic N) is 1. The molecule has 0 aliphatic carbocycles. The van der Waals surface area contributed by atoms with Crippen LogP contribution in [0.3, 0.4) is 0 Å². The molecule has 1 saturated heterocycles. The third-order valence-corrected chi connectivity index (χ3v) is 4.15. The Morgan fingerprint density at radius 2 is 2.13 bits per heavy atom. The summed E-state index contributed by atoms with van der Waals surface area (Å²) in [6, 6.07) is 3.92. The summed E-state index contributed by atoms with van der Waals surface area (Å²) in [4.78, 5) is 36.5. The lowest BCUT2D eigenvalue weighted by Gasteiger charge is -2.31. The molecule has 0 spiro atoms. The van der Waals surface area contributed by atoms with Gasteiger partial charge < -0.3 is 15.4 Å². The van der Waals surface area contributed by atoms with Crippen molar-refractivity contribution in [1.82, 2.24) is 4.90 Å². The van der Waals surface area contributed by atoms with Crippen LogP contribution in [0.15, 0.2) is 22.7 Å². The van der Waals surface area contributed by atoms with E-state index >= 15 is 0 Å². The maximum Gasteiger partial charge on any atom is 0.341 e. The van der Waals surface area contributed by atoms with Gasteiger partial charge in [0.15, 0.2) is 6.61 Å². The number of ether oxygens (including phenoxy) is 1. The van der Waals surface area contributed by atoms with Crippen LogP contribution in [-0.2, 0) is 14.3 Å². The smallest absolute Gasteiger partial charge is 0.341 e. The second-order valence-electron chi connectivity index (χ2n) is 5.28. The Hall–Kier alpha value is -1.96. The molecule has 1 heterocycles. The van der Waals surface area contributed by atoms with Crippen LogP contribution in [-0.4, -0.2) is 42.4 Å². The lowest BCUT2D eigenvalue weighted by molar-refractivity contribution is -0.137. The molecule has 0 unspecified atom stereocenters. The molecule has 2 N–H and O–H groups in total. The highest BCUT2D eigenvalue weighted by atomic mass is 79.9. The van der Waals surface area contributed by atoms with E-state index in [-0.39, 0.29) is 18.0 Å². The lowest BCUT2D eigenvalue weighted by atomic mass is 9.97. The number of carbonyl (C=O) groups is 3. The molecule has 2 amide bonds. The summed E-state index contributed by atoms with van der Waals surface area (Å²) in [5.41, 5.74) is 5.01. The van der Waals surface area contributed by atoms with Crippen molar-refractivity contribution in [2.24, 2.45) is 11.7 Å². The minimum Gasteiger partial charge on any atom is -0.452 e. The van der Waals surface area contributed by atoms with Crippen LogP contribution in [0.5, 0.6) is 0 Å². The summed E-state index contributed by atoms with van der Waals surface area (Å²) in [5, 5.41) is 0. The molecule has 1 aromatic rings. The number of benzene rings is 1. The lowest BCUT2D eigenvalue weighted by Crippen LogP contribution is -2.45. The Morgan fingerprint density at radius 1 is 1.39 bits per heavy atom. The van der Waals surface area contributed by atoms with Gasteiger partial charge in [-0.25, -0.2) is 9.18 Å². The van der Waals surface area contributed by atoms with E-state index in [0.29, 0.717) is 23.9 Å². The van der Waals surface area contributed by atoms with Crippen LogP contribution in [0.1, 0.15) is 23.2 Å². The SMILES string of the molecule is NC(=O)[C@@H]1CCCN(C(=O)COC(=O)c2ccc(Br)cc2F)C1. The normalized spacial score (nSPS) is 17.7. The maximum atomic E-state index is 13.6. The topological polar surface area (TPSA) is 89.7 Å². The fourth-order valence-corrected chi connectivity index (χ4v) is 2.72. The first-order chi connectivity index (χ1) is 10.9. The van der Waals surface area contributed by atoms with Gasteiger partial charge in [0, 0.05) is 17.6 Å². The molecular formula is C15H16BrFN2O4. The van der Waals surface area contributed by atoms with Crippen molar-refractivity contribution in [3.8, 4) is 0 Å². The number of nitrogens with two attached hydrogens (primary N) is 1. The molecular weight excluding hydrogens is 371 g/mol. The molecule has 0 radical (unpaired) electrons. The van der Waals surface area contributed by atoms with E-state index in [2.05, 4.69) is 15.9 Å². The molecule has 1 atom stereocenters. The molecule has 6 nitrogen and oxygen atoms in total. The summed E-state index contributed by atoms with van der Waals surface area (Å²) in [6.45, 7) is 0.199. The van der Waals surface area contributed by atoms with E-state index in [4.69, 9.17) is 10.5 Å². The first-order valence-corrected chi connectivity index (χ1v) is 7.87. The molecule has 0 aromatic heterocycles. The highest BCUT2D eigenvalue weighted by Crippen LogP contribution is 2.18. The van der Waals surface area contributed by atoms with Gasteiger partial charge in [-0.3, -0.25) is 9.59 Å². The van der Waals surface area contributed by atoms with E-state index in [0.717, 1.165) is 6.07 Å². The van der Waals surface area contributed by atoms with Crippen molar-refractivity contribution in [2.45, 2.75) is 12.8 Å². The number of esters is 1. The van der Waals surface area contributed by atoms with Crippen LogP contribution >= 0.6 is 15.9 Å². The predicted octanol–water partition coefficient (Wildman–Crippen LogP) is 1.47. The Bertz CT molecular complexity index is 638. The maximum absolute atomic E-state index is 13.6. The first kappa shape index (κ1) is 17.4. The van der Waals surface area contributed by atoms with Gasteiger partial charge in [0.2, 0.25) is 5.91 Å². The number of halogens is 2. The van der Waals surface area contributed by atoms with Crippen molar-refractivity contribution < 1.29 is 23.5 Å². The molecule has 1 aromatic carbocycles. The van der Waals surface area contributed by atoms with Gasteiger partial charge in [-0.2, -0.15) is 0 Å². The zero-order valence-corrected chi connectivity index (χ0v) is 13.8. The average Bonchev–Trinajstić information content (AvgIpc) is 2.52. The summed E-state index contributed by atoms with van der Waals surface area (Å²) < 4.78 is 19.0. The van der Waals surface area contributed by atoms with E-state index < -0.39 is 30.2 Å². The number of hydrogen-bond acceptors (Lipinski definition) is 4. The van der Waals surface area contributed by atoms with Crippen LogP contribution in [0.25, 0.3) is 0 Å². The van der Waals surface area contributed by atoms with E-state index in [9.17, 15) is 18.8 Å². The summed E-state index contributed by atoms with van der Waals surface area (Å²) in [6.07, 6.45) is 1.30. The fourth-order valence-electron chi connectivity index (χ4n) is 2.39. The van der Waals surface area contributed by atoms with E-state index in [1.807, 2.05) is 0 Å². The number of piperidine rings is 1. The number of likely N-dealkylation sites (tertiary alicyclic amines) is 1. The van der Waals surface area contributed by atoms with Gasteiger partial charge in [0.1, 0.15) is 5.82 Å². The number of carbonyl (C=O) groups excluding carboxylic acids is 3. The van der Waals surface area contributed by atoms with Crippen molar-refractivity contribution in [3.05, 3.63) is 34.1 Å². The standard InChI is InChI=1S/C15H16BrFN2O4/c16-10-3-4-11(12(17)6-10)15(22)23-8-13(20)19-5-1-2-9(7-19)14(18)21/h3-4,6,9H,1-2,5,7-8H2,(H2,18,21)/t9-/m1/s1. The van der Waals surface area contributed by atoms with Crippen molar-refractivity contribution in [3.63, 3.8) is 0 Å². The molecule has 0 saturated carbocycles. The first-order valence-electron chi connectivity index (χ1n) is 7.07. The third-order valence-electron chi connectivity index (χ3n) is 3.65. The van der Waals surface area contributed by atoms with Crippen molar-refractivity contribution in [1.29, 1.82) is 0 Å². The van der Waals surface area contributed by atoms with Gasteiger partial charge >= 0.3 is 5.97 Å². The van der Waals surface area contributed by atoms with Crippen LogP contribution in [0.2, 0.25) is 0 Å². The molecule has 1 aliphatic heterocycles. The van der Waals surface area contributed by atoms with Gasteiger partial charge in [0.05, 0.1) is 11.5 Å². The van der Waals surface area contributed by atoms with Gasteiger partial charge in [-0.15, -0.1) is 0 Å². The Balaban J connectivity index is 1.91. The minimum atomic E-state index is -0.910. The molecule has 23 heavy (non-hydrogen) atoms. The Labute approximate surface area is 140 Å². The van der Waals surface area contributed by atoms with Crippen molar-refractivity contribution >= 4 is 33.7 Å². The minimum absolute atomic E-state index is 0.221. The highest BCUT2D eigenvalue weighted by Gasteiger charge is 2.27. The van der Waals surface area contributed by atoms with Crippen LogP contribution in [0.4, 0.5) is 4.39 Å². The zero-order chi connectivity index (χ0) is 17.0. The monoisotopic (exact) mass is 386 g/mol. The van der Waals surface area contributed by atoms with E-state index in [1.165, 1.54) is 17.0 Å². The zero-order valence-electron chi connectivity index (χ0n) is 12.3. The predicted molar refractivity (Wildman–Crippen MR) is 82.9 cm³/mol. The second-order valence-corrected chi connectivity index (χ2v) is 6.20. The number of primary amides is 1. The number of rotatable bonds is 4. The number of hydrogen-bond donors (Lipinski definition) is 1. The average molecular weight is 387 g/mol. The van der Waals surface area contributed by atoms with Crippen molar-refractivity contribution in [2.75, 3.05) is 19.7 Å². The quantitative estimate of drug-likeness (QED) is 0.793. The molecule has 124 valence electrons.